The zero-order chi connectivity index (χ0) is 12.3. The first-order chi connectivity index (χ1) is 8.16. The molecule has 1 fully saturated rings. The van der Waals surface area contributed by atoms with Crippen molar-refractivity contribution < 1.29 is 0 Å². The highest BCUT2D eigenvalue weighted by atomic mass is 35.5. The first-order valence-corrected chi connectivity index (χ1v) is 7.28. The van der Waals surface area contributed by atoms with Crippen molar-refractivity contribution in [2.24, 2.45) is 17.8 Å². The minimum absolute atomic E-state index is 0.380. The van der Waals surface area contributed by atoms with Crippen LogP contribution < -0.4 is 0 Å². The van der Waals surface area contributed by atoms with E-state index in [9.17, 15) is 0 Å². The zero-order valence-electron chi connectivity index (χ0n) is 10.9. The lowest BCUT2D eigenvalue weighted by Gasteiger charge is -2.35. The largest absolute Gasteiger partial charge is 0.123 e. The fourth-order valence-corrected chi connectivity index (χ4v) is 3.31. The highest BCUT2D eigenvalue weighted by Crippen LogP contribution is 2.38. The number of rotatable bonds is 3. The van der Waals surface area contributed by atoms with E-state index in [-0.39, 0.29) is 0 Å². The van der Waals surface area contributed by atoms with Gasteiger partial charge in [0.2, 0.25) is 0 Å². The molecule has 0 aliphatic heterocycles. The third-order valence-corrected chi connectivity index (χ3v) is 4.79. The number of halogens is 1. The topological polar surface area (TPSA) is 0 Å². The second kappa shape index (κ2) is 5.91. The summed E-state index contributed by atoms with van der Waals surface area (Å²) >= 11 is 6.50. The molecule has 0 bridgehead atoms. The molecule has 3 atom stereocenters. The summed E-state index contributed by atoms with van der Waals surface area (Å²) in [4.78, 5) is 0. The Balaban J connectivity index is 1.99. The Morgan fingerprint density at radius 1 is 1.18 bits per heavy atom. The predicted molar refractivity (Wildman–Crippen MR) is 75.5 cm³/mol. The molecule has 0 saturated heterocycles. The lowest BCUT2D eigenvalue weighted by atomic mass is 9.74. The van der Waals surface area contributed by atoms with Crippen LogP contribution in [0.1, 0.15) is 38.7 Å². The summed E-state index contributed by atoms with van der Waals surface area (Å²) in [7, 11) is 0. The Morgan fingerprint density at radius 3 is 2.53 bits per heavy atom. The molecule has 0 N–H and O–H groups in total. The van der Waals surface area contributed by atoms with Crippen molar-refractivity contribution in [2.45, 2.75) is 44.9 Å². The molecule has 0 aromatic heterocycles. The summed E-state index contributed by atoms with van der Waals surface area (Å²) in [5.41, 5.74) is 1.44. The van der Waals surface area contributed by atoms with E-state index < -0.39 is 0 Å². The van der Waals surface area contributed by atoms with Crippen LogP contribution in [0, 0.1) is 17.8 Å². The van der Waals surface area contributed by atoms with Crippen molar-refractivity contribution >= 4 is 11.6 Å². The fourth-order valence-electron chi connectivity index (χ4n) is 3.00. The third-order valence-electron chi connectivity index (χ3n) is 4.21. The number of hydrogen-bond acceptors (Lipinski definition) is 0. The maximum absolute atomic E-state index is 6.50. The molecular formula is C16H23Cl. The number of alkyl halides is 1. The number of benzene rings is 1. The fraction of sp³-hybridized carbons (Fsp3) is 0.625. The van der Waals surface area contributed by atoms with Gasteiger partial charge in [0.1, 0.15) is 0 Å². The van der Waals surface area contributed by atoms with Crippen molar-refractivity contribution in [1.82, 2.24) is 0 Å². The van der Waals surface area contributed by atoms with Crippen LogP contribution in [0.3, 0.4) is 0 Å². The molecule has 0 spiro atoms. The van der Waals surface area contributed by atoms with Crippen LogP contribution in [0.15, 0.2) is 30.3 Å². The summed E-state index contributed by atoms with van der Waals surface area (Å²) in [6, 6.07) is 10.8. The van der Waals surface area contributed by atoms with Gasteiger partial charge in [0, 0.05) is 5.38 Å². The molecule has 0 heterocycles. The van der Waals surface area contributed by atoms with Crippen LogP contribution in [0.25, 0.3) is 0 Å². The SMILES string of the molecule is CC(C)C1CCC(Cl)C(Cc2ccccc2)C1. The lowest BCUT2D eigenvalue weighted by molar-refractivity contribution is 0.218. The van der Waals surface area contributed by atoms with Crippen LogP contribution in [0.5, 0.6) is 0 Å². The molecule has 2 rings (SSSR count). The van der Waals surface area contributed by atoms with Crippen molar-refractivity contribution in [3.63, 3.8) is 0 Å². The summed E-state index contributed by atoms with van der Waals surface area (Å²) in [5, 5.41) is 0.380. The molecule has 1 aromatic carbocycles. The second-order valence-corrected chi connectivity index (χ2v) is 6.34. The van der Waals surface area contributed by atoms with Crippen LogP contribution in [0.2, 0.25) is 0 Å². The Hall–Kier alpha value is -0.490. The average Bonchev–Trinajstić information content (AvgIpc) is 2.33. The molecule has 1 saturated carbocycles. The van der Waals surface area contributed by atoms with Gasteiger partial charge in [0.05, 0.1) is 0 Å². The molecule has 3 unspecified atom stereocenters. The Labute approximate surface area is 110 Å². The molecule has 94 valence electrons. The maximum atomic E-state index is 6.50. The van der Waals surface area contributed by atoms with Crippen molar-refractivity contribution in [2.75, 3.05) is 0 Å². The van der Waals surface area contributed by atoms with Gasteiger partial charge in [-0.3, -0.25) is 0 Å². The number of hydrogen-bond donors (Lipinski definition) is 0. The molecule has 1 aliphatic rings. The smallest absolute Gasteiger partial charge is 0.0367 e. The summed E-state index contributed by atoms with van der Waals surface area (Å²) < 4.78 is 0. The van der Waals surface area contributed by atoms with Gasteiger partial charge in [-0.15, -0.1) is 11.6 Å². The minimum Gasteiger partial charge on any atom is -0.123 e. The Morgan fingerprint density at radius 2 is 1.88 bits per heavy atom. The van der Waals surface area contributed by atoms with Gasteiger partial charge < -0.3 is 0 Å². The first kappa shape index (κ1) is 13.0. The highest BCUT2D eigenvalue weighted by molar-refractivity contribution is 6.20. The van der Waals surface area contributed by atoms with E-state index in [0.717, 1.165) is 18.3 Å². The highest BCUT2D eigenvalue weighted by Gasteiger charge is 2.30. The summed E-state index contributed by atoms with van der Waals surface area (Å²) in [5.74, 6) is 2.34. The van der Waals surface area contributed by atoms with Gasteiger partial charge in [-0.2, -0.15) is 0 Å². The first-order valence-electron chi connectivity index (χ1n) is 6.85. The minimum atomic E-state index is 0.380. The molecule has 0 radical (unpaired) electrons. The monoisotopic (exact) mass is 250 g/mol. The van der Waals surface area contributed by atoms with E-state index in [0.29, 0.717) is 11.3 Å². The van der Waals surface area contributed by atoms with E-state index in [2.05, 4.69) is 44.2 Å². The van der Waals surface area contributed by atoms with E-state index in [1.807, 2.05) is 0 Å². The van der Waals surface area contributed by atoms with Crippen LogP contribution in [-0.2, 0) is 6.42 Å². The van der Waals surface area contributed by atoms with Crippen molar-refractivity contribution in [1.29, 1.82) is 0 Å². The van der Waals surface area contributed by atoms with E-state index in [1.54, 1.807) is 0 Å². The second-order valence-electron chi connectivity index (χ2n) is 5.78. The van der Waals surface area contributed by atoms with Crippen molar-refractivity contribution in [3.8, 4) is 0 Å². The molecule has 1 aromatic rings. The van der Waals surface area contributed by atoms with Crippen molar-refractivity contribution in [3.05, 3.63) is 35.9 Å². The zero-order valence-corrected chi connectivity index (χ0v) is 11.7. The molecule has 0 nitrogen and oxygen atoms in total. The van der Waals surface area contributed by atoms with Gasteiger partial charge in [0.25, 0.3) is 0 Å². The van der Waals surface area contributed by atoms with Gasteiger partial charge >= 0.3 is 0 Å². The normalized spacial score (nSPS) is 29.5. The van der Waals surface area contributed by atoms with E-state index in [1.165, 1.54) is 24.8 Å². The molecule has 1 heteroatoms. The summed E-state index contributed by atoms with van der Waals surface area (Å²) in [6.07, 6.45) is 4.97. The molecule has 1 aliphatic carbocycles. The van der Waals surface area contributed by atoms with Crippen LogP contribution in [0.4, 0.5) is 0 Å². The van der Waals surface area contributed by atoms with Gasteiger partial charge in [-0.1, -0.05) is 44.2 Å². The molecule has 0 amide bonds. The standard InChI is InChI=1S/C16H23Cl/c1-12(2)14-8-9-16(17)15(11-14)10-13-6-4-3-5-7-13/h3-7,12,14-16H,8-11H2,1-2H3. The Kier molecular flexibility index (Phi) is 4.50. The summed E-state index contributed by atoms with van der Waals surface area (Å²) in [6.45, 7) is 4.69. The van der Waals surface area contributed by atoms with E-state index in [4.69, 9.17) is 11.6 Å². The van der Waals surface area contributed by atoms with Gasteiger partial charge in [-0.05, 0) is 49.0 Å². The van der Waals surface area contributed by atoms with E-state index >= 15 is 0 Å². The molecule has 17 heavy (non-hydrogen) atoms. The average molecular weight is 251 g/mol. The predicted octanol–water partition coefficient (Wildman–Crippen LogP) is 4.91. The quantitative estimate of drug-likeness (QED) is 0.669. The molecular weight excluding hydrogens is 228 g/mol. The maximum Gasteiger partial charge on any atom is 0.0367 e. The lowest BCUT2D eigenvalue weighted by Crippen LogP contribution is -2.29. The third kappa shape index (κ3) is 3.48. The van der Waals surface area contributed by atoms with Crippen LogP contribution in [-0.4, -0.2) is 5.38 Å². The Bertz CT molecular complexity index is 331. The van der Waals surface area contributed by atoms with Gasteiger partial charge in [0.15, 0.2) is 0 Å². The van der Waals surface area contributed by atoms with Crippen LogP contribution >= 0.6 is 11.6 Å². The van der Waals surface area contributed by atoms with Gasteiger partial charge in [-0.25, -0.2) is 0 Å².